The second-order valence-electron chi connectivity index (χ2n) is 5.02. The molecule has 118 valence electrons. The maximum atomic E-state index is 12.3. The van der Waals surface area contributed by atoms with E-state index in [1.165, 1.54) is 32.2 Å². The number of hydrogen-bond donors (Lipinski definition) is 0. The van der Waals surface area contributed by atoms with Gasteiger partial charge in [-0.1, -0.05) is 17.7 Å². The van der Waals surface area contributed by atoms with E-state index in [1.807, 2.05) is 6.92 Å². The monoisotopic (exact) mass is 312 g/mol. The van der Waals surface area contributed by atoms with Gasteiger partial charge in [0.1, 0.15) is 5.75 Å². The van der Waals surface area contributed by atoms with Gasteiger partial charge in [-0.3, -0.25) is 4.79 Å². The Morgan fingerprint density at radius 2 is 1.57 bits per heavy atom. The van der Waals surface area contributed by atoms with Gasteiger partial charge in [-0.15, -0.1) is 0 Å². The van der Waals surface area contributed by atoms with Crippen molar-refractivity contribution in [3.05, 3.63) is 64.7 Å². The second-order valence-corrected chi connectivity index (χ2v) is 5.02. The van der Waals surface area contributed by atoms with Gasteiger partial charge in [-0.25, -0.2) is 9.59 Å². The van der Waals surface area contributed by atoms with Crippen molar-refractivity contribution in [1.29, 1.82) is 0 Å². The third-order valence-corrected chi connectivity index (χ3v) is 3.24. The Hall–Kier alpha value is -2.95. The number of Topliss-reactive ketones (excluding diaryl/α,β-unsaturated/α-hetero) is 1. The number of carbonyl (C=O) groups excluding carboxylic acids is 3. The van der Waals surface area contributed by atoms with E-state index in [0.717, 1.165) is 5.56 Å². The number of ketones is 1. The Labute approximate surface area is 133 Å². The molecule has 5 heteroatoms. The fourth-order valence-electron chi connectivity index (χ4n) is 2.06. The Bertz CT molecular complexity index is 777. The van der Waals surface area contributed by atoms with Crippen LogP contribution in [0.15, 0.2) is 42.5 Å². The van der Waals surface area contributed by atoms with Crippen molar-refractivity contribution in [3.63, 3.8) is 0 Å². The standard InChI is InChI=1S/C18H16O5/c1-11-7-8-16(15(9-11)12(2)19)23-18(21)14-6-4-5-13(10-14)17(20)22-3/h4-10H,1-3H3. The highest BCUT2D eigenvalue weighted by Gasteiger charge is 2.16. The molecular formula is C18H16O5. The van der Waals surface area contributed by atoms with Crippen LogP contribution in [0.3, 0.4) is 0 Å². The van der Waals surface area contributed by atoms with Crippen LogP contribution in [0.4, 0.5) is 0 Å². The molecule has 2 rings (SSSR count). The van der Waals surface area contributed by atoms with Crippen LogP contribution in [0.1, 0.15) is 43.6 Å². The zero-order valence-electron chi connectivity index (χ0n) is 13.1. The summed E-state index contributed by atoms with van der Waals surface area (Å²) in [7, 11) is 1.26. The van der Waals surface area contributed by atoms with Gasteiger partial charge in [-0.2, -0.15) is 0 Å². The number of rotatable bonds is 4. The molecule has 0 unspecified atom stereocenters. The van der Waals surface area contributed by atoms with Gasteiger partial charge in [0.2, 0.25) is 0 Å². The maximum absolute atomic E-state index is 12.3. The number of aryl methyl sites for hydroxylation is 1. The maximum Gasteiger partial charge on any atom is 0.343 e. The molecule has 0 aliphatic heterocycles. The molecule has 0 radical (unpaired) electrons. The summed E-state index contributed by atoms with van der Waals surface area (Å²) in [4.78, 5) is 35.4. The Morgan fingerprint density at radius 3 is 2.17 bits per heavy atom. The van der Waals surface area contributed by atoms with E-state index < -0.39 is 11.9 Å². The molecule has 0 aliphatic carbocycles. The molecule has 23 heavy (non-hydrogen) atoms. The van der Waals surface area contributed by atoms with Crippen molar-refractivity contribution < 1.29 is 23.9 Å². The van der Waals surface area contributed by atoms with Gasteiger partial charge < -0.3 is 9.47 Å². The van der Waals surface area contributed by atoms with E-state index in [4.69, 9.17) is 4.74 Å². The fourth-order valence-corrected chi connectivity index (χ4v) is 2.06. The molecule has 0 spiro atoms. The van der Waals surface area contributed by atoms with Gasteiger partial charge in [0, 0.05) is 0 Å². The van der Waals surface area contributed by atoms with E-state index in [-0.39, 0.29) is 22.7 Å². The lowest BCUT2D eigenvalue weighted by molar-refractivity contribution is 0.0600. The topological polar surface area (TPSA) is 69.7 Å². The zero-order valence-corrected chi connectivity index (χ0v) is 13.1. The van der Waals surface area contributed by atoms with Crippen LogP contribution >= 0.6 is 0 Å². The lowest BCUT2D eigenvalue weighted by Gasteiger charge is -2.09. The van der Waals surface area contributed by atoms with Gasteiger partial charge in [0.15, 0.2) is 5.78 Å². The fraction of sp³-hybridized carbons (Fsp3) is 0.167. The van der Waals surface area contributed by atoms with Crippen molar-refractivity contribution in [2.45, 2.75) is 13.8 Å². The van der Waals surface area contributed by atoms with Crippen LogP contribution in [-0.2, 0) is 4.74 Å². The zero-order chi connectivity index (χ0) is 17.0. The molecule has 0 amide bonds. The molecule has 0 atom stereocenters. The number of benzene rings is 2. The summed E-state index contributed by atoms with van der Waals surface area (Å²) in [5.74, 6) is -1.20. The van der Waals surface area contributed by atoms with Crippen LogP contribution < -0.4 is 4.74 Å². The number of hydrogen-bond acceptors (Lipinski definition) is 5. The van der Waals surface area contributed by atoms with Crippen molar-refractivity contribution in [2.24, 2.45) is 0 Å². The first-order chi connectivity index (χ1) is 10.9. The Kier molecular flexibility index (Phi) is 4.91. The summed E-state index contributed by atoms with van der Waals surface area (Å²) in [6.45, 7) is 3.25. The van der Waals surface area contributed by atoms with E-state index in [0.29, 0.717) is 5.56 Å². The van der Waals surface area contributed by atoms with Crippen molar-refractivity contribution in [3.8, 4) is 5.75 Å². The lowest BCUT2D eigenvalue weighted by Crippen LogP contribution is -2.12. The molecule has 0 saturated heterocycles. The number of esters is 2. The minimum Gasteiger partial charge on any atom is -0.465 e. The van der Waals surface area contributed by atoms with Crippen molar-refractivity contribution >= 4 is 17.7 Å². The molecule has 5 nitrogen and oxygen atoms in total. The van der Waals surface area contributed by atoms with E-state index in [1.54, 1.807) is 24.3 Å². The van der Waals surface area contributed by atoms with Crippen LogP contribution in [0.2, 0.25) is 0 Å². The molecule has 0 bridgehead atoms. The average molecular weight is 312 g/mol. The van der Waals surface area contributed by atoms with Crippen molar-refractivity contribution in [2.75, 3.05) is 7.11 Å². The van der Waals surface area contributed by atoms with Crippen LogP contribution in [0, 0.1) is 6.92 Å². The molecule has 2 aromatic carbocycles. The summed E-state index contributed by atoms with van der Waals surface area (Å²) < 4.78 is 9.92. The highest BCUT2D eigenvalue weighted by atomic mass is 16.5. The third kappa shape index (κ3) is 3.83. The van der Waals surface area contributed by atoms with Crippen LogP contribution in [-0.4, -0.2) is 24.8 Å². The minimum atomic E-state index is -0.651. The predicted molar refractivity (Wildman–Crippen MR) is 83.9 cm³/mol. The summed E-state index contributed by atoms with van der Waals surface area (Å²) in [6, 6.07) is 11.0. The normalized spacial score (nSPS) is 10.0. The van der Waals surface area contributed by atoms with E-state index in [2.05, 4.69) is 4.74 Å². The van der Waals surface area contributed by atoms with E-state index >= 15 is 0 Å². The van der Waals surface area contributed by atoms with Crippen molar-refractivity contribution in [1.82, 2.24) is 0 Å². The third-order valence-electron chi connectivity index (χ3n) is 3.24. The summed E-state index contributed by atoms with van der Waals surface area (Å²) in [6.07, 6.45) is 0. The first kappa shape index (κ1) is 16.4. The number of methoxy groups -OCH3 is 1. The SMILES string of the molecule is COC(=O)c1cccc(C(=O)Oc2ccc(C)cc2C(C)=O)c1. The molecule has 0 N–H and O–H groups in total. The molecule has 0 aromatic heterocycles. The highest BCUT2D eigenvalue weighted by molar-refractivity contribution is 6.00. The van der Waals surface area contributed by atoms with Gasteiger partial charge in [-0.05, 0) is 44.2 Å². The van der Waals surface area contributed by atoms with Gasteiger partial charge in [0.25, 0.3) is 0 Å². The predicted octanol–water partition coefficient (Wildman–Crippen LogP) is 3.20. The molecule has 0 fully saturated rings. The lowest BCUT2D eigenvalue weighted by atomic mass is 10.1. The summed E-state index contributed by atoms with van der Waals surface area (Å²) >= 11 is 0. The number of carbonyl (C=O) groups is 3. The van der Waals surface area contributed by atoms with Gasteiger partial charge in [0.05, 0.1) is 23.8 Å². The first-order valence-electron chi connectivity index (χ1n) is 6.94. The number of ether oxygens (including phenoxy) is 2. The summed E-state index contributed by atoms with van der Waals surface area (Å²) in [5.41, 5.74) is 1.67. The van der Waals surface area contributed by atoms with Crippen LogP contribution in [0.5, 0.6) is 5.75 Å². The highest BCUT2D eigenvalue weighted by Crippen LogP contribution is 2.22. The Morgan fingerprint density at radius 1 is 0.913 bits per heavy atom. The molecule has 0 saturated carbocycles. The van der Waals surface area contributed by atoms with E-state index in [9.17, 15) is 14.4 Å². The summed E-state index contributed by atoms with van der Waals surface area (Å²) in [5, 5.41) is 0. The Balaban J connectivity index is 2.30. The second kappa shape index (κ2) is 6.87. The molecular weight excluding hydrogens is 296 g/mol. The van der Waals surface area contributed by atoms with Gasteiger partial charge >= 0.3 is 11.9 Å². The molecule has 0 aliphatic rings. The average Bonchev–Trinajstić information content (AvgIpc) is 2.55. The largest absolute Gasteiger partial charge is 0.465 e. The quantitative estimate of drug-likeness (QED) is 0.492. The molecule has 2 aromatic rings. The minimum absolute atomic E-state index is 0.191. The molecule has 0 heterocycles. The first-order valence-corrected chi connectivity index (χ1v) is 6.94. The van der Waals surface area contributed by atoms with Crippen LogP contribution in [0.25, 0.3) is 0 Å². The smallest absolute Gasteiger partial charge is 0.343 e.